The highest BCUT2D eigenvalue weighted by Crippen LogP contribution is 2.46. The van der Waals surface area contributed by atoms with Gasteiger partial charge >= 0.3 is 0 Å². The first-order valence-corrected chi connectivity index (χ1v) is 13.8. The van der Waals surface area contributed by atoms with E-state index in [0.29, 0.717) is 17.6 Å². The van der Waals surface area contributed by atoms with Gasteiger partial charge in [-0.3, -0.25) is 9.69 Å². The minimum absolute atomic E-state index is 0.0595. The number of benzene rings is 2. The number of hydrogen-bond donors (Lipinski definition) is 0. The van der Waals surface area contributed by atoms with Crippen molar-refractivity contribution in [1.29, 1.82) is 0 Å². The van der Waals surface area contributed by atoms with E-state index in [2.05, 4.69) is 82.3 Å². The molecule has 1 atom stereocenters. The number of amides is 1. The molecular formula is C28H30N2OS2. The number of allylic oxidation sites excluding steroid dienone is 1. The summed E-state index contributed by atoms with van der Waals surface area (Å²) in [6.45, 7) is 8.87. The zero-order valence-corrected chi connectivity index (χ0v) is 21.3. The summed E-state index contributed by atoms with van der Waals surface area (Å²) in [6, 6.07) is 17.6. The molecule has 170 valence electrons. The molecule has 3 aliphatic heterocycles. The van der Waals surface area contributed by atoms with E-state index in [9.17, 15) is 4.79 Å². The number of aliphatic imine (C=N–C) groups is 1. The van der Waals surface area contributed by atoms with Crippen molar-refractivity contribution < 1.29 is 4.79 Å². The Balaban J connectivity index is 1.57. The third-order valence-electron chi connectivity index (χ3n) is 6.58. The van der Waals surface area contributed by atoms with Crippen molar-refractivity contribution in [1.82, 2.24) is 4.90 Å². The minimum Gasteiger partial charge on any atom is -0.279 e. The molecule has 0 bridgehead atoms. The van der Waals surface area contributed by atoms with Gasteiger partial charge in [-0.1, -0.05) is 88.0 Å². The van der Waals surface area contributed by atoms with Crippen molar-refractivity contribution in [3.8, 4) is 0 Å². The van der Waals surface area contributed by atoms with Gasteiger partial charge < -0.3 is 0 Å². The first-order chi connectivity index (χ1) is 15.9. The fourth-order valence-electron chi connectivity index (χ4n) is 4.63. The van der Waals surface area contributed by atoms with Crippen molar-refractivity contribution in [2.45, 2.75) is 45.6 Å². The molecule has 0 aromatic heterocycles. The summed E-state index contributed by atoms with van der Waals surface area (Å²) in [5, 5.41) is 0.852. The van der Waals surface area contributed by atoms with Crippen LogP contribution in [0.2, 0.25) is 0 Å². The molecule has 2 aromatic carbocycles. The maximum absolute atomic E-state index is 12.9. The lowest BCUT2D eigenvalue weighted by atomic mass is 9.91. The monoisotopic (exact) mass is 474 g/mol. The minimum atomic E-state index is -0.0595. The number of fused-ring (bicyclic) bond motifs is 1. The van der Waals surface area contributed by atoms with Crippen LogP contribution in [0.5, 0.6) is 0 Å². The zero-order valence-electron chi connectivity index (χ0n) is 19.7. The van der Waals surface area contributed by atoms with E-state index in [1.165, 1.54) is 33.4 Å². The molecule has 3 aliphatic rings. The van der Waals surface area contributed by atoms with Crippen molar-refractivity contribution in [2.24, 2.45) is 4.99 Å². The number of rotatable bonds is 4. The summed E-state index contributed by atoms with van der Waals surface area (Å²) >= 11 is 3.49. The molecule has 1 saturated heterocycles. The van der Waals surface area contributed by atoms with Crippen LogP contribution in [0.15, 0.2) is 70.4 Å². The first-order valence-electron chi connectivity index (χ1n) is 11.7. The maximum atomic E-state index is 12.9. The fourth-order valence-corrected chi connectivity index (χ4v) is 6.58. The van der Waals surface area contributed by atoms with Crippen LogP contribution >= 0.6 is 23.5 Å². The van der Waals surface area contributed by atoms with Crippen molar-refractivity contribution >= 4 is 40.7 Å². The lowest BCUT2D eigenvalue weighted by Crippen LogP contribution is -2.39. The first kappa shape index (κ1) is 22.5. The Morgan fingerprint density at radius 1 is 0.909 bits per heavy atom. The van der Waals surface area contributed by atoms with E-state index in [1.54, 1.807) is 11.8 Å². The predicted octanol–water partition coefficient (Wildman–Crippen LogP) is 7.00. The van der Waals surface area contributed by atoms with Gasteiger partial charge in [0.05, 0.1) is 17.5 Å². The molecule has 3 nitrogen and oxygen atoms in total. The smallest absolute Gasteiger partial charge is 0.239 e. The summed E-state index contributed by atoms with van der Waals surface area (Å²) < 4.78 is 0. The van der Waals surface area contributed by atoms with Crippen molar-refractivity contribution in [2.75, 3.05) is 17.3 Å². The highest BCUT2D eigenvalue weighted by atomic mass is 32.2. The summed E-state index contributed by atoms with van der Waals surface area (Å²) in [4.78, 5) is 19.9. The van der Waals surface area contributed by atoms with E-state index in [-0.39, 0.29) is 11.9 Å². The van der Waals surface area contributed by atoms with Crippen LogP contribution in [0.25, 0.3) is 6.08 Å². The molecule has 1 fully saturated rings. The standard InChI is InChI=1S/C28H30N2OS2/c1-17(2)20-7-5-19(6-8-20)13-23-14-32-15-24-26(23)29-28-30(25(31)16-33-28)27(24)22-11-9-21(10-12-22)18(3)4/h5-13,17-18,27H,14-16H2,1-4H3/b23-13-. The molecule has 1 amide bonds. The Morgan fingerprint density at radius 2 is 1.55 bits per heavy atom. The Morgan fingerprint density at radius 3 is 2.18 bits per heavy atom. The highest BCUT2D eigenvalue weighted by Gasteiger charge is 2.42. The summed E-state index contributed by atoms with van der Waals surface area (Å²) in [5.74, 6) is 3.50. The van der Waals surface area contributed by atoms with Gasteiger partial charge in [-0.15, -0.1) is 0 Å². The number of nitrogens with zero attached hydrogens (tertiary/aromatic N) is 2. The molecule has 0 N–H and O–H groups in total. The van der Waals surface area contributed by atoms with Crippen LogP contribution < -0.4 is 0 Å². The molecule has 0 spiro atoms. The number of amidine groups is 1. The van der Waals surface area contributed by atoms with E-state index in [0.717, 1.165) is 22.4 Å². The third kappa shape index (κ3) is 4.33. The second-order valence-electron chi connectivity index (χ2n) is 9.53. The van der Waals surface area contributed by atoms with Crippen LogP contribution in [0.1, 0.15) is 67.8 Å². The third-order valence-corrected chi connectivity index (χ3v) is 8.55. The molecular weight excluding hydrogens is 444 g/mol. The average Bonchev–Trinajstić information content (AvgIpc) is 3.18. The Labute approximate surface area is 205 Å². The molecule has 33 heavy (non-hydrogen) atoms. The van der Waals surface area contributed by atoms with Crippen LogP contribution in [-0.2, 0) is 4.79 Å². The summed E-state index contributed by atoms with van der Waals surface area (Å²) in [5.41, 5.74) is 8.67. The molecule has 3 heterocycles. The normalized spacial score (nSPS) is 21.7. The van der Waals surface area contributed by atoms with Gasteiger partial charge in [-0.25, -0.2) is 4.99 Å². The SMILES string of the molecule is CC(C)c1ccc(/C=C2/CSCC3=C2N=C2SCC(=O)N2C3c2ccc(C(C)C)cc2)cc1. The van der Waals surface area contributed by atoms with Gasteiger partial charge in [0.25, 0.3) is 0 Å². The molecule has 2 aromatic rings. The molecule has 5 rings (SSSR count). The van der Waals surface area contributed by atoms with Gasteiger partial charge in [0, 0.05) is 11.5 Å². The quantitative estimate of drug-likeness (QED) is 0.478. The van der Waals surface area contributed by atoms with Gasteiger partial charge in [0.1, 0.15) is 0 Å². The van der Waals surface area contributed by atoms with Crippen LogP contribution in [0.4, 0.5) is 0 Å². The van der Waals surface area contributed by atoms with Crippen LogP contribution in [-0.4, -0.2) is 33.2 Å². The summed E-state index contributed by atoms with van der Waals surface area (Å²) in [6.07, 6.45) is 2.28. The Hall–Kier alpha value is -2.24. The van der Waals surface area contributed by atoms with Crippen LogP contribution in [0.3, 0.4) is 0 Å². The molecule has 0 radical (unpaired) electrons. The number of hydrogen-bond acceptors (Lipinski definition) is 4. The second kappa shape index (κ2) is 9.19. The van der Waals surface area contributed by atoms with Crippen LogP contribution in [0, 0.1) is 0 Å². The lowest BCUT2D eigenvalue weighted by Gasteiger charge is -2.37. The zero-order chi connectivity index (χ0) is 23.1. The molecule has 0 aliphatic carbocycles. The van der Waals surface area contributed by atoms with Crippen molar-refractivity contribution in [3.63, 3.8) is 0 Å². The van der Waals surface area contributed by atoms with E-state index >= 15 is 0 Å². The van der Waals surface area contributed by atoms with Crippen molar-refractivity contribution in [3.05, 3.63) is 87.6 Å². The second-order valence-corrected chi connectivity index (χ2v) is 11.5. The average molecular weight is 475 g/mol. The number of carbonyl (C=O) groups excluding carboxylic acids is 1. The van der Waals surface area contributed by atoms with E-state index in [4.69, 9.17) is 4.99 Å². The predicted molar refractivity (Wildman–Crippen MR) is 143 cm³/mol. The van der Waals surface area contributed by atoms with Gasteiger partial charge in [-0.2, -0.15) is 11.8 Å². The van der Waals surface area contributed by atoms with E-state index < -0.39 is 0 Å². The highest BCUT2D eigenvalue weighted by molar-refractivity contribution is 8.15. The van der Waals surface area contributed by atoms with Gasteiger partial charge in [0.15, 0.2) is 5.17 Å². The number of thioether (sulfide) groups is 2. The maximum Gasteiger partial charge on any atom is 0.239 e. The Kier molecular flexibility index (Phi) is 6.28. The lowest BCUT2D eigenvalue weighted by molar-refractivity contribution is -0.125. The molecule has 0 saturated carbocycles. The Bertz CT molecular complexity index is 1160. The van der Waals surface area contributed by atoms with Gasteiger partial charge in [0.2, 0.25) is 5.91 Å². The van der Waals surface area contributed by atoms with E-state index in [1.807, 2.05) is 16.7 Å². The fraction of sp³-hybridized carbons (Fsp3) is 0.357. The molecule has 1 unspecified atom stereocenters. The number of carbonyl (C=O) groups is 1. The van der Waals surface area contributed by atoms with Gasteiger partial charge in [-0.05, 0) is 51.3 Å². The summed E-state index contributed by atoms with van der Waals surface area (Å²) in [7, 11) is 0. The largest absolute Gasteiger partial charge is 0.279 e. The molecule has 5 heteroatoms. The topological polar surface area (TPSA) is 32.7 Å².